The monoisotopic (exact) mass is 942 g/mol. The number of para-hydroxylation sites is 2. The molecule has 10 aromatic carbocycles. The highest BCUT2D eigenvalue weighted by Crippen LogP contribution is 2.42. The van der Waals surface area contributed by atoms with Gasteiger partial charge in [-0.05, 0) is 101 Å². The summed E-state index contributed by atoms with van der Waals surface area (Å²) in [6.07, 6.45) is 0. The second-order valence-electron chi connectivity index (χ2n) is 18.1. The molecule has 0 saturated heterocycles. The Labute approximate surface area is 426 Å². The first-order chi connectivity index (χ1) is 36.5. The van der Waals surface area contributed by atoms with Gasteiger partial charge in [-0.2, -0.15) is 10.5 Å². The summed E-state index contributed by atoms with van der Waals surface area (Å²) in [5, 5.41) is 25.3. The second kappa shape index (κ2) is 17.9. The van der Waals surface area contributed by atoms with Crippen LogP contribution in [0.5, 0.6) is 0 Å². The largest absolute Gasteiger partial charge is 0.308 e. The average molecular weight is 943 g/mol. The standard InChI is InChI=1S/C66H38N8/c1-69-50-22-13-21-46(36-50)48-31-34-62-56(38-48)53-24-9-11-27-59(53)74(62)63-39-49(29-32-54(63)66-71-64(43-16-4-2-5-17-43)70-65(72-66)44-18-6-3-7-19-44)51-25-14-28-60(57(51)41-68)73-58-26-10-8-23-52(58)55-37-47(30-33-61(55)73)45-20-12-15-42(35-45)40-67/h2-39H. The van der Waals surface area contributed by atoms with Gasteiger partial charge in [0.15, 0.2) is 23.2 Å². The Morgan fingerprint density at radius 2 is 0.851 bits per heavy atom. The van der Waals surface area contributed by atoms with Crippen LogP contribution in [-0.2, 0) is 0 Å². The van der Waals surface area contributed by atoms with Crippen LogP contribution in [0, 0.1) is 29.2 Å². The molecule has 342 valence electrons. The van der Waals surface area contributed by atoms with Gasteiger partial charge in [-0.15, -0.1) is 0 Å². The van der Waals surface area contributed by atoms with Crippen molar-refractivity contribution in [3.05, 3.63) is 253 Å². The average Bonchev–Trinajstić information content (AvgIpc) is 4.02. The summed E-state index contributed by atoms with van der Waals surface area (Å²) in [6.45, 7) is 7.70. The van der Waals surface area contributed by atoms with Crippen molar-refractivity contribution in [2.75, 3.05) is 0 Å². The zero-order valence-corrected chi connectivity index (χ0v) is 39.5. The molecule has 3 aromatic heterocycles. The smallest absolute Gasteiger partial charge is 0.187 e. The van der Waals surface area contributed by atoms with E-state index in [1.807, 2.05) is 140 Å². The number of rotatable bonds is 8. The molecule has 0 radical (unpaired) electrons. The number of fused-ring (bicyclic) bond motifs is 6. The number of aromatic nitrogens is 5. The Kier molecular flexibility index (Phi) is 10.5. The number of nitriles is 2. The maximum atomic E-state index is 11.4. The Balaban J connectivity index is 1.06. The van der Waals surface area contributed by atoms with Crippen molar-refractivity contribution in [2.24, 2.45) is 0 Å². The minimum Gasteiger partial charge on any atom is -0.308 e. The normalized spacial score (nSPS) is 11.2. The molecule has 0 aliphatic heterocycles. The topological polar surface area (TPSA) is 100 Å². The lowest BCUT2D eigenvalue weighted by Gasteiger charge is -2.18. The first-order valence-electron chi connectivity index (χ1n) is 24.2. The molecular weight excluding hydrogens is 905 g/mol. The summed E-state index contributed by atoms with van der Waals surface area (Å²) in [4.78, 5) is 19.2. The molecule has 0 aliphatic carbocycles. The number of benzene rings is 10. The quantitative estimate of drug-likeness (QED) is 0.141. The molecule has 8 heteroatoms. The lowest BCUT2D eigenvalue weighted by Crippen LogP contribution is -2.04. The van der Waals surface area contributed by atoms with Gasteiger partial charge in [0.1, 0.15) is 6.07 Å². The molecule has 0 saturated carbocycles. The van der Waals surface area contributed by atoms with Crippen LogP contribution in [0.3, 0.4) is 0 Å². The first kappa shape index (κ1) is 43.3. The highest BCUT2D eigenvalue weighted by Gasteiger charge is 2.23. The summed E-state index contributed by atoms with van der Waals surface area (Å²) in [5.41, 5.74) is 15.2. The van der Waals surface area contributed by atoms with Gasteiger partial charge < -0.3 is 9.13 Å². The molecule has 8 nitrogen and oxygen atoms in total. The van der Waals surface area contributed by atoms with Crippen molar-refractivity contribution in [1.82, 2.24) is 24.1 Å². The maximum absolute atomic E-state index is 11.4. The van der Waals surface area contributed by atoms with Crippen LogP contribution in [-0.4, -0.2) is 24.1 Å². The fourth-order valence-electron chi connectivity index (χ4n) is 10.4. The minimum atomic E-state index is 0.496. The summed E-state index contributed by atoms with van der Waals surface area (Å²) >= 11 is 0. The molecule has 0 spiro atoms. The lowest BCUT2D eigenvalue weighted by atomic mass is 9.96. The van der Waals surface area contributed by atoms with Crippen LogP contribution >= 0.6 is 0 Å². The van der Waals surface area contributed by atoms with Gasteiger partial charge in [0.2, 0.25) is 0 Å². The summed E-state index contributed by atoms with van der Waals surface area (Å²) in [6, 6.07) is 82.2. The molecule has 0 atom stereocenters. The SMILES string of the molecule is [C-]#[N+]c1cccc(-c2ccc3c(c2)c2ccccc2n3-c2cc(-c3cccc(-n4c5ccccc5c5cc(-c6cccc(C#N)c6)ccc54)c3C#N)ccc2-c2nc(-c3ccccc3)nc(-c3ccccc3)n2)c1. The molecule has 0 fully saturated rings. The van der Waals surface area contributed by atoms with Gasteiger partial charge in [0, 0.05) is 43.8 Å². The summed E-state index contributed by atoms with van der Waals surface area (Å²) < 4.78 is 4.47. The van der Waals surface area contributed by atoms with E-state index in [0.29, 0.717) is 34.3 Å². The highest BCUT2D eigenvalue weighted by atomic mass is 15.1. The third-order valence-corrected chi connectivity index (χ3v) is 13.9. The van der Waals surface area contributed by atoms with Crippen molar-refractivity contribution < 1.29 is 0 Å². The van der Waals surface area contributed by atoms with E-state index in [-0.39, 0.29) is 0 Å². The van der Waals surface area contributed by atoms with Crippen molar-refractivity contribution >= 4 is 49.3 Å². The van der Waals surface area contributed by atoms with E-state index < -0.39 is 0 Å². The van der Waals surface area contributed by atoms with Crippen LogP contribution in [0.2, 0.25) is 0 Å². The lowest BCUT2D eigenvalue weighted by molar-refractivity contribution is 1.06. The van der Waals surface area contributed by atoms with Gasteiger partial charge in [-0.1, -0.05) is 158 Å². The number of hydrogen-bond donors (Lipinski definition) is 0. The van der Waals surface area contributed by atoms with E-state index in [2.05, 4.69) is 117 Å². The van der Waals surface area contributed by atoms with E-state index in [0.717, 1.165) is 105 Å². The van der Waals surface area contributed by atoms with E-state index in [1.165, 1.54) is 0 Å². The molecular formula is C66H38N8. The van der Waals surface area contributed by atoms with E-state index in [9.17, 15) is 10.5 Å². The first-order valence-corrected chi connectivity index (χ1v) is 24.2. The minimum absolute atomic E-state index is 0.496. The Morgan fingerprint density at radius 3 is 1.46 bits per heavy atom. The molecule has 0 amide bonds. The third kappa shape index (κ3) is 7.33. The van der Waals surface area contributed by atoms with Crippen LogP contribution in [0.1, 0.15) is 11.1 Å². The van der Waals surface area contributed by atoms with Crippen LogP contribution in [0.25, 0.3) is 127 Å². The zero-order chi connectivity index (χ0) is 49.7. The van der Waals surface area contributed by atoms with Crippen molar-refractivity contribution in [3.63, 3.8) is 0 Å². The third-order valence-electron chi connectivity index (χ3n) is 13.9. The van der Waals surface area contributed by atoms with E-state index in [1.54, 1.807) is 0 Å². The summed E-state index contributed by atoms with van der Waals surface area (Å²) in [7, 11) is 0. The number of nitrogens with zero attached hydrogens (tertiary/aromatic N) is 8. The van der Waals surface area contributed by atoms with Gasteiger partial charge in [0.25, 0.3) is 0 Å². The van der Waals surface area contributed by atoms with E-state index in [4.69, 9.17) is 21.5 Å². The van der Waals surface area contributed by atoms with Crippen LogP contribution in [0.4, 0.5) is 5.69 Å². The second-order valence-corrected chi connectivity index (χ2v) is 18.1. The van der Waals surface area contributed by atoms with Gasteiger partial charge in [0.05, 0.1) is 57.2 Å². The van der Waals surface area contributed by atoms with Gasteiger partial charge >= 0.3 is 0 Å². The van der Waals surface area contributed by atoms with Crippen molar-refractivity contribution in [3.8, 4) is 91.1 Å². The van der Waals surface area contributed by atoms with Gasteiger partial charge in [-0.3, -0.25) is 0 Å². The van der Waals surface area contributed by atoms with E-state index >= 15 is 0 Å². The van der Waals surface area contributed by atoms with Crippen molar-refractivity contribution in [1.29, 1.82) is 10.5 Å². The summed E-state index contributed by atoms with van der Waals surface area (Å²) in [5.74, 6) is 1.59. The van der Waals surface area contributed by atoms with Gasteiger partial charge in [-0.25, -0.2) is 19.8 Å². The maximum Gasteiger partial charge on any atom is 0.187 e. The molecule has 13 rings (SSSR count). The molecule has 74 heavy (non-hydrogen) atoms. The predicted molar refractivity (Wildman–Crippen MR) is 297 cm³/mol. The fourth-order valence-corrected chi connectivity index (χ4v) is 10.4. The molecule has 3 heterocycles. The molecule has 13 aromatic rings. The Hall–Kier alpha value is -10.7. The number of hydrogen-bond acceptors (Lipinski definition) is 5. The van der Waals surface area contributed by atoms with Crippen LogP contribution < -0.4 is 0 Å². The molecule has 0 aliphatic rings. The molecule has 0 unspecified atom stereocenters. The Morgan fingerprint density at radius 1 is 0.351 bits per heavy atom. The predicted octanol–water partition coefficient (Wildman–Crippen LogP) is 16.4. The highest BCUT2D eigenvalue weighted by molar-refractivity contribution is 6.12. The fraction of sp³-hybridized carbons (Fsp3) is 0. The zero-order valence-electron chi connectivity index (χ0n) is 39.5. The molecule has 0 N–H and O–H groups in total. The van der Waals surface area contributed by atoms with Crippen molar-refractivity contribution in [2.45, 2.75) is 0 Å². The van der Waals surface area contributed by atoms with Crippen LogP contribution in [0.15, 0.2) is 231 Å². The Bertz CT molecular complexity index is 4470. The molecule has 0 bridgehead atoms.